The molecule has 54 valence electrons. The van der Waals surface area contributed by atoms with E-state index in [2.05, 4.69) is 10.5 Å². The molecular formula is C5H12N2O2. The smallest absolute Gasteiger partial charge is 0.131 e. The van der Waals surface area contributed by atoms with E-state index in [1.54, 1.807) is 6.92 Å². The molecule has 0 aliphatic heterocycles. The van der Waals surface area contributed by atoms with Crippen molar-refractivity contribution in [3.63, 3.8) is 0 Å². The van der Waals surface area contributed by atoms with Crippen LogP contribution in [0.15, 0.2) is 5.18 Å². The van der Waals surface area contributed by atoms with Crippen LogP contribution < -0.4 is 5.32 Å². The molecular weight excluding hydrogens is 120 g/mol. The van der Waals surface area contributed by atoms with E-state index in [4.69, 9.17) is 5.11 Å². The zero-order valence-corrected chi connectivity index (χ0v) is 5.50. The average molecular weight is 132 g/mol. The van der Waals surface area contributed by atoms with E-state index < -0.39 is 0 Å². The highest BCUT2D eigenvalue weighted by Crippen LogP contribution is 1.84. The summed E-state index contributed by atoms with van der Waals surface area (Å²) in [4.78, 5) is 9.47. The van der Waals surface area contributed by atoms with Crippen molar-refractivity contribution in [3.8, 4) is 0 Å². The lowest BCUT2D eigenvalue weighted by Gasteiger charge is -2.01. The van der Waals surface area contributed by atoms with E-state index >= 15 is 0 Å². The molecule has 1 atom stereocenters. The zero-order chi connectivity index (χ0) is 7.11. The third kappa shape index (κ3) is 7.52. The Balaban J connectivity index is 2.82. The summed E-state index contributed by atoms with van der Waals surface area (Å²) in [6, 6.07) is 0. The van der Waals surface area contributed by atoms with Gasteiger partial charge in [-0.2, -0.15) is 0 Å². The van der Waals surface area contributed by atoms with Gasteiger partial charge in [-0.25, -0.2) is 0 Å². The molecule has 0 aromatic heterocycles. The summed E-state index contributed by atoms with van der Waals surface area (Å²) in [6.45, 7) is 2.48. The van der Waals surface area contributed by atoms with Gasteiger partial charge in [0.05, 0.1) is 6.10 Å². The number of nitroso groups, excluding NO2 is 1. The predicted molar refractivity (Wildman–Crippen MR) is 35.0 cm³/mol. The van der Waals surface area contributed by atoms with Crippen LogP contribution >= 0.6 is 0 Å². The normalized spacial score (nSPS) is 13.1. The lowest BCUT2D eigenvalue weighted by atomic mass is 10.3. The number of nitrogens with zero attached hydrogens (tertiary/aromatic N) is 1. The second kappa shape index (κ2) is 5.65. The molecule has 0 heterocycles. The maximum absolute atomic E-state index is 9.47. The number of aliphatic hydroxyl groups is 1. The zero-order valence-electron chi connectivity index (χ0n) is 5.50. The fraction of sp³-hybridized carbons (Fsp3) is 1.00. The highest BCUT2D eigenvalue weighted by molar-refractivity contribution is 4.49. The fourth-order valence-corrected chi connectivity index (χ4v) is 0.436. The lowest BCUT2D eigenvalue weighted by molar-refractivity contribution is 0.184. The van der Waals surface area contributed by atoms with Crippen LogP contribution in [0, 0.1) is 4.91 Å². The SMILES string of the molecule is CC(O)CCNCN=O. The van der Waals surface area contributed by atoms with Crippen LogP contribution in [0.5, 0.6) is 0 Å². The molecule has 2 N–H and O–H groups in total. The minimum absolute atomic E-state index is 0.132. The Bertz CT molecular complexity index is 75.4. The van der Waals surface area contributed by atoms with Crippen LogP contribution in [0.3, 0.4) is 0 Å². The first-order valence-corrected chi connectivity index (χ1v) is 2.95. The van der Waals surface area contributed by atoms with Crippen molar-refractivity contribution in [3.05, 3.63) is 4.91 Å². The number of hydrogen-bond donors (Lipinski definition) is 2. The van der Waals surface area contributed by atoms with Crippen molar-refractivity contribution in [2.45, 2.75) is 19.4 Å². The number of hydrogen-bond acceptors (Lipinski definition) is 4. The monoisotopic (exact) mass is 132 g/mol. The van der Waals surface area contributed by atoms with E-state index in [1.807, 2.05) is 0 Å². The van der Waals surface area contributed by atoms with Crippen LogP contribution in [0.1, 0.15) is 13.3 Å². The Morgan fingerprint density at radius 3 is 2.89 bits per heavy atom. The molecule has 0 aromatic carbocycles. The Morgan fingerprint density at radius 1 is 1.78 bits per heavy atom. The first kappa shape index (κ1) is 8.52. The molecule has 4 heteroatoms. The van der Waals surface area contributed by atoms with Crippen molar-refractivity contribution in [1.82, 2.24) is 5.32 Å². The van der Waals surface area contributed by atoms with Crippen molar-refractivity contribution in [1.29, 1.82) is 0 Å². The van der Waals surface area contributed by atoms with Crippen LogP contribution in [0.25, 0.3) is 0 Å². The summed E-state index contributed by atoms with van der Waals surface area (Å²) < 4.78 is 0. The Labute approximate surface area is 54.2 Å². The molecule has 1 unspecified atom stereocenters. The van der Waals surface area contributed by atoms with Crippen LogP contribution in [-0.2, 0) is 0 Å². The van der Waals surface area contributed by atoms with Gasteiger partial charge in [-0.3, -0.25) is 5.32 Å². The van der Waals surface area contributed by atoms with Gasteiger partial charge >= 0.3 is 0 Å². The summed E-state index contributed by atoms with van der Waals surface area (Å²) >= 11 is 0. The van der Waals surface area contributed by atoms with E-state index in [-0.39, 0.29) is 12.8 Å². The van der Waals surface area contributed by atoms with Crippen LogP contribution in [0.2, 0.25) is 0 Å². The summed E-state index contributed by atoms with van der Waals surface area (Å²) in [6.07, 6.45) is 0.361. The van der Waals surface area contributed by atoms with Gasteiger partial charge in [0.1, 0.15) is 6.67 Å². The van der Waals surface area contributed by atoms with Gasteiger partial charge < -0.3 is 5.11 Å². The molecule has 0 spiro atoms. The average Bonchev–Trinajstić information content (AvgIpc) is 1.80. The maximum atomic E-state index is 9.47. The molecule has 4 nitrogen and oxygen atoms in total. The number of aliphatic hydroxyl groups excluding tert-OH is 1. The van der Waals surface area contributed by atoms with E-state index in [0.717, 1.165) is 0 Å². The van der Waals surface area contributed by atoms with Gasteiger partial charge in [-0.05, 0) is 19.9 Å². The van der Waals surface area contributed by atoms with Crippen molar-refractivity contribution >= 4 is 0 Å². The minimum Gasteiger partial charge on any atom is -0.393 e. The third-order valence-electron chi connectivity index (χ3n) is 0.915. The molecule has 0 fully saturated rings. The quantitative estimate of drug-likeness (QED) is 0.411. The number of rotatable bonds is 5. The topological polar surface area (TPSA) is 61.7 Å². The maximum Gasteiger partial charge on any atom is 0.131 e. The standard InChI is InChI=1S/C5H12N2O2/c1-5(8)2-3-6-4-7-9/h5-6,8H,2-4H2,1H3. The van der Waals surface area contributed by atoms with Gasteiger partial charge in [0, 0.05) is 0 Å². The Hall–Kier alpha value is -0.480. The van der Waals surface area contributed by atoms with E-state index in [9.17, 15) is 4.91 Å². The second-order valence-corrected chi connectivity index (χ2v) is 1.92. The highest BCUT2D eigenvalue weighted by atomic mass is 16.3. The van der Waals surface area contributed by atoms with Crippen molar-refractivity contribution < 1.29 is 5.11 Å². The fourth-order valence-electron chi connectivity index (χ4n) is 0.436. The number of nitrogens with one attached hydrogen (secondary N) is 1. The van der Waals surface area contributed by atoms with E-state index in [0.29, 0.717) is 13.0 Å². The van der Waals surface area contributed by atoms with Crippen LogP contribution in [-0.4, -0.2) is 24.4 Å². The molecule has 0 aliphatic rings. The highest BCUT2D eigenvalue weighted by Gasteiger charge is 1.92. The molecule has 0 aliphatic carbocycles. The summed E-state index contributed by atoms with van der Waals surface area (Å²) in [7, 11) is 0. The second-order valence-electron chi connectivity index (χ2n) is 1.92. The first-order valence-electron chi connectivity index (χ1n) is 2.95. The molecule has 0 saturated heterocycles. The first-order chi connectivity index (χ1) is 4.27. The third-order valence-corrected chi connectivity index (χ3v) is 0.915. The van der Waals surface area contributed by atoms with Gasteiger partial charge in [0.25, 0.3) is 0 Å². The van der Waals surface area contributed by atoms with Crippen LogP contribution in [0.4, 0.5) is 0 Å². The molecule has 0 radical (unpaired) electrons. The Morgan fingerprint density at radius 2 is 2.44 bits per heavy atom. The minimum atomic E-state index is -0.302. The predicted octanol–water partition coefficient (Wildman–Crippen LogP) is 0.0708. The molecule has 0 bridgehead atoms. The largest absolute Gasteiger partial charge is 0.393 e. The summed E-state index contributed by atoms with van der Waals surface area (Å²) in [5.41, 5.74) is 0. The van der Waals surface area contributed by atoms with Crippen molar-refractivity contribution in [2.24, 2.45) is 5.18 Å². The molecule has 0 amide bonds. The van der Waals surface area contributed by atoms with Crippen molar-refractivity contribution in [2.75, 3.05) is 13.2 Å². The van der Waals surface area contributed by atoms with Gasteiger partial charge in [-0.1, -0.05) is 5.18 Å². The molecule has 0 saturated carbocycles. The summed E-state index contributed by atoms with van der Waals surface area (Å²) in [5, 5.41) is 14.0. The van der Waals surface area contributed by atoms with Gasteiger partial charge in [-0.15, -0.1) is 4.91 Å². The molecule has 0 rings (SSSR count). The van der Waals surface area contributed by atoms with E-state index in [1.165, 1.54) is 0 Å². The lowest BCUT2D eigenvalue weighted by Crippen LogP contribution is -2.18. The Kier molecular flexibility index (Phi) is 5.35. The summed E-state index contributed by atoms with van der Waals surface area (Å²) in [5.74, 6) is 0. The van der Waals surface area contributed by atoms with Gasteiger partial charge in [0.2, 0.25) is 0 Å². The molecule has 0 aromatic rings. The van der Waals surface area contributed by atoms with Gasteiger partial charge in [0.15, 0.2) is 0 Å². The molecule has 9 heavy (non-hydrogen) atoms.